The average molecular weight is 290 g/mol. The van der Waals surface area contributed by atoms with Gasteiger partial charge in [0.25, 0.3) is 0 Å². The van der Waals surface area contributed by atoms with Gasteiger partial charge >= 0.3 is 0 Å². The van der Waals surface area contributed by atoms with Crippen LogP contribution in [0.3, 0.4) is 0 Å². The second-order valence-corrected chi connectivity index (χ2v) is 5.80. The number of anilines is 2. The molecule has 0 aliphatic carbocycles. The number of hydrogen-bond donors (Lipinski definition) is 2. The van der Waals surface area contributed by atoms with Crippen LogP contribution in [0.5, 0.6) is 5.75 Å². The molecule has 1 aromatic carbocycles. The van der Waals surface area contributed by atoms with Crippen LogP contribution in [0.1, 0.15) is 25.8 Å². The number of nitrogens with one attached hydrogen (secondary N) is 1. The highest BCUT2D eigenvalue weighted by Crippen LogP contribution is 2.24. The van der Waals surface area contributed by atoms with Crippen molar-refractivity contribution in [2.45, 2.75) is 32.7 Å². The summed E-state index contributed by atoms with van der Waals surface area (Å²) in [5.41, 5.74) is 9.03. The van der Waals surface area contributed by atoms with E-state index in [-0.39, 0.29) is 0 Å². The molecule has 3 nitrogen and oxygen atoms in total. The molecular formula is C16H22N2OS. The zero-order chi connectivity index (χ0) is 14.4. The molecule has 0 radical (unpaired) electrons. The zero-order valence-corrected chi connectivity index (χ0v) is 12.9. The predicted molar refractivity (Wildman–Crippen MR) is 87.7 cm³/mol. The SMILES string of the molecule is CCCOc1cc(N)cc(NC(C)Cc2ccsc2)c1. The van der Waals surface area contributed by atoms with Gasteiger partial charge in [0.2, 0.25) is 0 Å². The zero-order valence-electron chi connectivity index (χ0n) is 12.1. The molecule has 0 saturated heterocycles. The van der Waals surface area contributed by atoms with Crippen LogP contribution in [0.25, 0.3) is 0 Å². The highest BCUT2D eigenvalue weighted by atomic mass is 32.1. The lowest BCUT2D eigenvalue weighted by molar-refractivity contribution is 0.318. The Labute approximate surface area is 124 Å². The van der Waals surface area contributed by atoms with Crippen LogP contribution < -0.4 is 15.8 Å². The van der Waals surface area contributed by atoms with Crippen molar-refractivity contribution in [3.8, 4) is 5.75 Å². The molecule has 2 aromatic rings. The van der Waals surface area contributed by atoms with Gasteiger partial charge in [-0.25, -0.2) is 0 Å². The van der Waals surface area contributed by atoms with Gasteiger partial charge in [-0.2, -0.15) is 11.3 Å². The summed E-state index contributed by atoms with van der Waals surface area (Å²) >= 11 is 1.73. The molecule has 0 amide bonds. The van der Waals surface area contributed by atoms with E-state index in [4.69, 9.17) is 10.5 Å². The van der Waals surface area contributed by atoms with Crippen molar-refractivity contribution in [2.24, 2.45) is 0 Å². The molecule has 1 unspecified atom stereocenters. The molecule has 1 heterocycles. The van der Waals surface area contributed by atoms with Gasteiger partial charge in [-0.3, -0.25) is 0 Å². The number of ether oxygens (including phenoxy) is 1. The molecule has 108 valence electrons. The number of rotatable bonds is 7. The second-order valence-electron chi connectivity index (χ2n) is 5.02. The quantitative estimate of drug-likeness (QED) is 0.753. The van der Waals surface area contributed by atoms with Crippen LogP contribution in [0.15, 0.2) is 35.0 Å². The molecule has 1 aromatic heterocycles. The van der Waals surface area contributed by atoms with E-state index in [0.717, 1.165) is 30.0 Å². The first-order valence-electron chi connectivity index (χ1n) is 6.98. The molecule has 0 spiro atoms. The van der Waals surface area contributed by atoms with Crippen LogP contribution in [0.4, 0.5) is 11.4 Å². The van der Waals surface area contributed by atoms with Crippen molar-refractivity contribution >= 4 is 22.7 Å². The van der Waals surface area contributed by atoms with Crippen molar-refractivity contribution in [3.63, 3.8) is 0 Å². The smallest absolute Gasteiger partial charge is 0.123 e. The van der Waals surface area contributed by atoms with Crippen molar-refractivity contribution in [3.05, 3.63) is 40.6 Å². The number of nitrogens with two attached hydrogens (primary N) is 1. The van der Waals surface area contributed by atoms with Crippen LogP contribution in [0, 0.1) is 0 Å². The topological polar surface area (TPSA) is 47.3 Å². The standard InChI is InChI=1S/C16H22N2OS/c1-3-5-19-16-9-14(17)8-15(10-16)18-12(2)7-13-4-6-20-11-13/h4,6,8-12,18H,3,5,7,17H2,1-2H3. The third kappa shape index (κ3) is 4.46. The normalized spacial score (nSPS) is 12.1. The van der Waals surface area contributed by atoms with Gasteiger partial charge in [-0.15, -0.1) is 0 Å². The fourth-order valence-corrected chi connectivity index (χ4v) is 2.79. The summed E-state index contributed by atoms with van der Waals surface area (Å²) < 4.78 is 5.65. The monoisotopic (exact) mass is 290 g/mol. The van der Waals surface area contributed by atoms with E-state index in [2.05, 4.69) is 36.0 Å². The van der Waals surface area contributed by atoms with Gasteiger partial charge < -0.3 is 15.8 Å². The maximum absolute atomic E-state index is 5.92. The van der Waals surface area contributed by atoms with E-state index in [1.54, 1.807) is 11.3 Å². The molecule has 2 rings (SSSR count). The lowest BCUT2D eigenvalue weighted by Crippen LogP contribution is -2.17. The number of nitrogen functional groups attached to an aromatic ring is 1. The molecule has 0 saturated carbocycles. The Morgan fingerprint density at radius 2 is 2.20 bits per heavy atom. The molecular weight excluding hydrogens is 268 g/mol. The van der Waals surface area contributed by atoms with Gasteiger partial charge in [-0.05, 0) is 48.2 Å². The van der Waals surface area contributed by atoms with Crippen molar-refractivity contribution in [2.75, 3.05) is 17.7 Å². The van der Waals surface area contributed by atoms with E-state index in [9.17, 15) is 0 Å². The number of thiophene rings is 1. The molecule has 0 aliphatic rings. The van der Waals surface area contributed by atoms with E-state index in [1.165, 1.54) is 5.56 Å². The molecule has 0 aliphatic heterocycles. The Hall–Kier alpha value is -1.68. The molecule has 0 bridgehead atoms. The summed E-state index contributed by atoms with van der Waals surface area (Å²) in [6.45, 7) is 4.98. The van der Waals surface area contributed by atoms with E-state index < -0.39 is 0 Å². The van der Waals surface area contributed by atoms with Crippen LogP contribution in [0.2, 0.25) is 0 Å². The highest BCUT2D eigenvalue weighted by Gasteiger charge is 2.06. The Morgan fingerprint density at radius 1 is 1.35 bits per heavy atom. The van der Waals surface area contributed by atoms with E-state index in [1.807, 2.05) is 18.2 Å². The summed E-state index contributed by atoms with van der Waals surface area (Å²) in [4.78, 5) is 0. The van der Waals surface area contributed by atoms with Gasteiger partial charge in [-0.1, -0.05) is 6.92 Å². The molecule has 1 atom stereocenters. The van der Waals surface area contributed by atoms with Gasteiger partial charge in [0, 0.05) is 29.5 Å². The maximum atomic E-state index is 5.92. The Bertz CT molecular complexity index is 525. The van der Waals surface area contributed by atoms with Crippen LogP contribution in [-0.4, -0.2) is 12.6 Å². The van der Waals surface area contributed by atoms with E-state index in [0.29, 0.717) is 12.6 Å². The molecule has 3 N–H and O–H groups in total. The summed E-state index contributed by atoms with van der Waals surface area (Å²) in [5, 5.41) is 7.78. The first kappa shape index (κ1) is 14.7. The molecule has 0 fully saturated rings. The Balaban J connectivity index is 1.98. The maximum Gasteiger partial charge on any atom is 0.123 e. The molecule has 4 heteroatoms. The summed E-state index contributed by atoms with van der Waals surface area (Å²) in [5.74, 6) is 0.831. The lowest BCUT2D eigenvalue weighted by atomic mass is 10.1. The lowest BCUT2D eigenvalue weighted by Gasteiger charge is -2.16. The summed E-state index contributed by atoms with van der Waals surface area (Å²) in [6.07, 6.45) is 2.00. The second kappa shape index (κ2) is 7.20. The highest BCUT2D eigenvalue weighted by molar-refractivity contribution is 7.07. The Morgan fingerprint density at radius 3 is 2.90 bits per heavy atom. The number of hydrogen-bond acceptors (Lipinski definition) is 4. The van der Waals surface area contributed by atoms with Crippen molar-refractivity contribution in [1.82, 2.24) is 0 Å². The summed E-state index contributed by atoms with van der Waals surface area (Å²) in [6, 6.07) is 8.34. The first-order chi connectivity index (χ1) is 9.67. The summed E-state index contributed by atoms with van der Waals surface area (Å²) in [7, 11) is 0. The fraction of sp³-hybridized carbons (Fsp3) is 0.375. The third-order valence-corrected chi connectivity index (χ3v) is 3.67. The Kier molecular flexibility index (Phi) is 5.30. The molecule has 20 heavy (non-hydrogen) atoms. The van der Waals surface area contributed by atoms with Gasteiger partial charge in [0.05, 0.1) is 6.61 Å². The van der Waals surface area contributed by atoms with Gasteiger partial charge in [0.1, 0.15) is 5.75 Å². The fourth-order valence-electron chi connectivity index (χ4n) is 2.11. The average Bonchev–Trinajstić information content (AvgIpc) is 2.88. The van der Waals surface area contributed by atoms with Crippen molar-refractivity contribution < 1.29 is 4.74 Å². The minimum absolute atomic E-state index is 0.352. The minimum Gasteiger partial charge on any atom is -0.493 e. The van der Waals surface area contributed by atoms with Crippen molar-refractivity contribution in [1.29, 1.82) is 0 Å². The third-order valence-electron chi connectivity index (χ3n) is 2.94. The van der Waals surface area contributed by atoms with Crippen LogP contribution in [-0.2, 0) is 6.42 Å². The largest absolute Gasteiger partial charge is 0.493 e. The number of benzene rings is 1. The van der Waals surface area contributed by atoms with Gasteiger partial charge in [0.15, 0.2) is 0 Å². The predicted octanol–water partition coefficient (Wildman–Crippen LogP) is 4.16. The first-order valence-corrected chi connectivity index (χ1v) is 7.92. The minimum atomic E-state index is 0.352. The van der Waals surface area contributed by atoms with Crippen LogP contribution >= 0.6 is 11.3 Å². The van der Waals surface area contributed by atoms with E-state index >= 15 is 0 Å².